The van der Waals surface area contributed by atoms with Gasteiger partial charge in [0.15, 0.2) is 0 Å². The van der Waals surface area contributed by atoms with E-state index in [1.807, 2.05) is 18.2 Å². The molecular weight excluding hydrogens is 256 g/mol. The zero-order valence-corrected chi connectivity index (χ0v) is 12.3. The normalized spacial score (nSPS) is 12.6. The number of benzene rings is 1. The first-order valence-corrected chi connectivity index (χ1v) is 7.20. The second kappa shape index (κ2) is 6.78. The first-order valence-electron chi connectivity index (χ1n) is 6.82. The van der Waals surface area contributed by atoms with Gasteiger partial charge in [-0.1, -0.05) is 30.7 Å². The van der Waals surface area contributed by atoms with E-state index in [0.717, 1.165) is 18.1 Å². The summed E-state index contributed by atoms with van der Waals surface area (Å²) in [5, 5.41) is 4.32. The molecule has 0 bridgehead atoms. The maximum atomic E-state index is 6.01. The van der Waals surface area contributed by atoms with E-state index in [1.165, 1.54) is 17.5 Å². The lowest BCUT2D eigenvalue weighted by atomic mass is 10.1. The molecule has 1 aromatic heterocycles. The molecule has 0 spiro atoms. The lowest BCUT2D eigenvalue weighted by molar-refractivity contribution is 0.573. The van der Waals surface area contributed by atoms with Gasteiger partial charge in [0.05, 0.1) is 0 Å². The van der Waals surface area contributed by atoms with Gasteiger partial charge in [-0.05, 0) is 42.7 Å². The van der Waals surface area contributed by atoms with Crippen LogP contribution in [0.25, 0.3) is 0 Å². The van der Waals surface area contributed by atoms with Gasteiger partial charge in [0.2, 0.25) is 0 Å². The minimum atomic E-state index is 0.299. The maximum Gasteiger partial charge on any atom is 0.0409 e. The van der Waals surface area contributed by atoms with E-state index in [4.69, 9.17) is 11.6 Å². The monoisotopic (exact) mass is 276 g/mol. The van der Waals surface area contributed by atoms with E-state index >= 15 is 0 Å². The number of rotatable bonds is 6. The molecular formula is C16H21ClN2. The minimum absolute atomic E-state index is 0.299. The Balaban J connectivity index is 1.90. The van der Waals surface area contributed by atoms with E-state index in [1.54, 1.807) is 0 Å². The number of halogens is 1. The zero-order chi connectivity index (χ0) is 13.7. The molecule has 0 aliphatic rings. The quantitative estimate of drug-likeness (QED) is 0.827. The molecule has 2 rings (SSSR count). The molecule has 3 heteroatoms. The van der Waals surface area contributed by atoms with Crippen LogP contribution in [-0.4, -0.2) is 4.57 Å². The van der Waals surface area contributed by atoms with E-state index < -0.39 is 0 Å². The summed E-state index contributed by atoms with van der Waals surface area (Å²) in [6.45, 7) is 6.32. The standard InChI is InChI=1S/C16H21ClN2/c1-3-8-19-9-7-14(12-19)11-18-13(2)15-5-4-6-16(17)10-15/h4-7,9-10,12-13,18H,3,8,11H2,1-2H3/t13-/m1/s1. The van der Waals surface area contributed by atoms with Crippen LogP contribution >= 0.6 is 11.6 Å². The molecule has 19 heavy (non-hydrogen) atoms. The fraction of sp³-hybridized carbons (Fsp3) is 0.375. The molecule has 1 atom stereocenters. The summed E-state index contributed by atoms with van der Waals surface area (Å²) in [5.41, 5.74) is 2.54. The number of nitrogens with zero attached hydrogens (tertiary/aromatic N) is 1. The summed E-state index contributed by atoms with van der Waals surface area (Å²) < 4.78 is 2.24. The highest BCUT2D eigenvalue weighted by Crippen LogP contribution is 2.17. The number of hydrogen-bond acceptors (Lipinski definition) is 1. The van der Waals surface area contributed by atoms with Crippen LogP contribution < -0.4 is 5.32 Å². The van der Waals surface area contributed by atoms with Crippen molar-refractivity contribution in [1.82, 2.24) is 9.88 Å². The minimum Gasteiger partial charge on any atom is -0.354 e. The van der Waals surface area contributed by atoms with Crippen molar-refractivity contribution >= 4 is 11.6 Å². The molecule has 0 amide bonds. The van der Waals surface area contributed by atoms with Crippen molar-refractivity contribution in [2.45, 2.75) is 39.4 Å². The molecule has 1 aromatic carbocycles. The Hall–Kier alpha value is -1.25. The highest BCUT2D eigenvalue weighted by atomic mass is 35.5. The molecule has 0 saturated heterocycles. The average Bonchev–Trinajstić information content (AvgIpc) is 2.84. The molecule has 0 radical (unpaired) electrons. The fourth-order valence-electron chi connectivity index (χ4n) is 2.16. The van der Waals surface area contributed by atoms with E-state index in [0.29, 0.717) is 6.04 Å². The van der Waals surface area contributed by atoms with E-state index in [-0.39, 0.29) is 0 Å². The van der Waals surface area contributed by atoms with Crippen LogP contribution in [0.15, 0.2) is 42.7 Å². The van der Waals surface area contributed by atoms with E-state index in [9.17, 15) is 0 Å². The van der Waals surface area contributed by atoms with Gasteiger partial charge in [0, 0.05) is 36.5 Å². The van der Waals surface area contributed by atoms with Gasteiger partial charge in [-0.2, -0.15) is 0 Å². The third kappa shape index (κ3) is 4.12. The van der Waals surface area contributed by atoms with Crippen molar-refractivity contribution in [3.8, 4) is 0 Å². The van der Waals surface area contributed by atoms with Crippen LogP contribution in [0, 0.1) is 0 Å². The van der Waals surface area contributed by atoms with Crippen molar-refractivity contribution in [2.24, 2.45) is 0 Å². The van der Waals surface area contributed by atoms with Crippen LogP contribution in [0.5, 0.6) is 0 Å². The highest BCUT2D eigenvalue weighted by molar-refractivity contribution is 6.30. The number of nitrogens with one attached hydrogen (secondary N) is 1. The number of aromatic nitrogens is 1. The van der Waals surface area contributed by atoms with Crippen LogP contribution in [0.2, 0.25) is 5.02 Å². The Morgan fingerprint density at radius 3 is 2.89 bits per heavy atom. The number of hydrogen-bond donors (Lipinski definition) is 1. The van der Waals surface area contributed by atoms with Gasteiger partial charge in [0.1, 0.15) is 0 Å². The average molecular weight is 277 g/mol. The van der Waals surface area contributed by atoms with Gasteiger partial charge < -0.3 is 9.88 Å². The Bertz CT molecular complexity index is 519. The Labute approximate surface area is 120 Å². The second-order valence-electron chi connectivity index (χ2n) is 4.92. The van der Waals surface area contributed by atoms with E-state index in [2.05, 4.69) is 48.3 Å². The third-order valence-electron chi connectivity index (χ3n) is 3.25. The highest BCUT2D eigenvalue weighted by Gasteiger charge is 2.05. The first kappa shape index (κ1) is 14.2. The van der Waals surface area contributed by atoms with Crippen molar-refractivity contribution < 1.29 is 0 Å². The smallest absolute Gasteiger partial charge is 0.0409 e. The summed E-state index contributed by atoms with van der Waals surface area (Å²) in [4.78, 5) is 0. The molecule has 2 aromatic rings. The van der Waals surface area contributed by atoms with Gasteiger partial charge >= 0.3 is 0 Å². The van der Waals surface area contributed by atoms with Crippen LogP contribution in [0.4, 0.5) is 0 Å². The van der Waals surface area contributed by atoms with Crippen LogP contribution in [0.1, 0.15) is 37.4 Å². The SMILES string of the molecule is CCCn1ccc(CN[C@H](C)c2cccc(Cl)c2)c1. The lowest BCUT2D eigenvalue weighted by Gasteiger charge is -2.14. The molecule has 0 fully saturated rings. The van der Waals surface area contributed by atoms with Gasteiger partial charge in [-0.3, -0.25) is 0 Å². The van der Waals surface area contributed by atoms with Crippen molar-refractivity contribution in [3.05, 3.63) is 58.9 Å². The maximum absolute atomic E-state index is 6.01. The Morgan fingerprint density at radius 1 is 1.32 bits per heavy atom. The van der Waals surface area contributed by atoms with Gasteiger partial charge in [-0.25, -0.2) is 0 Å². The molecule has 0 aliphatic heterocycles. The number of aryl methyl sites for hydroxylation is 1. The Morgan fingerprint density at radius 2 is 2.16 bits per heavy atom. The van der Waals surface area contributed by atoms with Crippen molar-refractivity contribution in [1.29, 1.82) is 0 Å². The summed E-state index contributed by atoms with van der Waals surface area (Å²) in [7, 11) is 0. The van der Waals surface area contributed by atoms with Crippen LogP contribution in [0.3, 0.4) is 0 Å². The largest absolute Gasteiger partial charge is 0.354 e. The van der Waals surface area contributed by atoms with Gasteiger partial charge in [-0.15, -0.1) is 0 Å². The Kier molecular flexibility index (Phi) is 5.06. The predicted octanol–water partition coefficient (Wildman–Crippen LogP) is 4.40. The molecule has 0 saturated carbocycles. The van der Waals surface area contributed by atoms with Gasteiger partial charge in [0.25, 0.3) is 0 Å². The lowest BCUT2D eigenvalue weighted by Crippen LogP contribution is -2.17. The molecule has 102 valence electrons. The topological polar surface area (TPSA) is 17.0 Å². The molecule has 2 nitrogen and oxygen atoms in total. The van der Waals surface area contributed by atoms with Crippen molar-refractivity contribution in [3.63, 3.8) is 0 Å². The fourth-order valence-corrected chi connectivity index (χ4v) is 2.36. The molecule has 1 N–H and O–H groups in total. The summed E-state index contributed by atoms with van der Waals surface area (Å²) in [5.74, 6) is 0. The first-order chi connectivity index (χ1) is 9.19. The molecule has 0 aliphatic carbocycles. The molecule has 1 heterocycles. The molecule has 0 unspecified atom stereocenters. The van der Waals surface area contributed by atoms with Crippen molar-refractivity contribution in [2.75, 3.05) is 0 Å². The summed E-state index contributed by atoms with van der Waals surface area (Å²) in [6.07, 6.45) is 5.52. The van der Waals surface area contributed by atoms with Crippen LogP contribution in [-0.2, 0) is 13.1 Å². The second-order valence-corrected chi connectivity index (χ2v) is 5.35. The third-order valence-corrected chi connectivity index (χ3v) is 3.49. The zero-order valence-electron chi connectivity index (χ0n) is 11.6. The summed E-state index contributed by atoms with van der Waals surface area (Å²) in [6, 6.07) is 10.5. The summed E-state index contributed by atoms with van der Waals surface area (Å²) >= 11 is 6.01. The predicted molar refractivity (Wildman–Crippen MR) is 81.4 cm³/mol.